The molecule has 0 fully saturated rings. The molecule has 0 saturated heterocycles. The lowest BCUT2D eigenvalue weighted by molar-refractivity contribution is 0.670. The van der Waals surface area contributed by atoms with Crippen molar-refractivity contribution in [3.8, 4) is 22.3 Å². The lowest BCUT2D eigenvalue weighted by Crippen LogP contribution is -2.49. The first-order valence-corrected chi connectivity index (χ1v) is 20.0. The van der Waals surface area contributed by atoms with Gasteiger partial charge in [-0.3, -0.25) is 0 Å². The van der Waals surface area contributed by atoms with E-state index in [0.29, 0.717) is 0 Å². The van der Waals surface area contributed by atoms with E-state index in [9.17, 15) is 0 Å². The first-order valence-electron chi connectivity index (χ1n) is 17.0. The zero-order valence-corrected chi connectivity index (χ0v) is 28.4. The number of para-hydroxylation sites is 1. The number of furan rings is 1. The fourth-order valence-electron chi connectivity index (χ4n) is 8.20. The molecule has 0 N–H and O–H groups in total. The van der Waals surface area contributed by atoms with Gasteiger partial charge in [-0.2, -0.15) is 0 Å². The Balaban J connectivity index is 1.23. The van der Waals surface area contributed by atoms with Crippen molar-refractivity contribution in [2.45, 2.75) is 13.1 Å². The first kappa shape index (κ1) is 28.1. The lowest BCUT2D eigenvalue weighted by Gasteiger charge is -2.30. The van der Waals surface area contributed by atoms with Gasteiger partial charge < -0.3 is 9.32 Å². The summed E-state index contributed by atoms with van der Waals surface area (Å²) >= 11 is 0. The Morgan fingerprint density at radius 3 is 1.96 bits per heavy atom. The smallest absolute Gasteiger partial charge is 0.143 e. The summed E-state index contributed by atoms with van der Waals surface area (Å²) in [5.41, 5.74) is 10.4. The number of anilines is 3. The van der Waals surface area contributed by atoms with Crippen LogP contribution in [-0.2, 0) is 0 Å². The van der Waals surface area contributed by atoms with Crippen LogP contribution in [0.15, 0.2) is 168 Å². The van der Waals surface area contributed by atoms with Gasteiger partial charge in [0.15, 0.2) is 0 Å². The molecule has 232 valence electrons. The van der Waals surface area contributed by atoms with E-state index in [1.165, 1.54) is 70.6 Å². The van der Waals surface area contributed by atoms with Crippen molar-refractivity contribution < 1.29 is 4.42 Å². The van der Waals surface area contributed by atoms with Crippen LogP contribution in [0.4, 0.5) is 17.1 Å². The Morgan fingerprint density at radius 1 is 0.449 bits per heavy atom. The summed E-state index contributed by atoms with van der Waals surface area (Å²) < 4.78 is 6.76. The molecule has 1 aliphatic rings. The molecule has 1 aliphatic heterocycles. The second kappa shape index (κ2) is 10.5. The van der Waals surface area contributed by atoms with Crippen molar-refractivity contribution >= 4 is 79.0 Å². The second-order valence-corrected chi connectivity index (χ2v) is 18.1. The van der Waals surface area contributed by atoms with Gasteiger partial charge in [0, 0.05) is 33.0 Å². The van der Waals surface area contributed by atoms with Gasteiger partial charge in [-0.15, -0.1) is 0 Å². The monoisotopic (exact) mass is 643 g/mol. The lowest BCUT2D eigenvalue weighted by atomic mass is 9.98. The van der Waals surface area contributed by atoms with Gasteiger partial charge in [0.1, 0.15) is 19.2 Å². The summed E-state index contributed by atoms with van der Waals surface area (Å²) in [7, 11) is -2.04. The number of fused-ring (bicyclic) bond motifs is 9. The third-order valence-corrected chi connectivity index (χ3v) is 14.2. The molecule has 3 heteroatoms. The van der Waals surface area contributed by atoms with Gasteiger partial charge in [-0.1, -0.05) is 140 Å². The van der Waals surface area contributed by atoms with Crippen molar-refractivity contribution in [2.24, 2.45) is 0 Å². The summed E-state index contributed by atoms with van der Waals surface area (Å²) in [6.07, 6.45) is 0. The average molecular weight is 644 g/mol. The van der Waals surface area contributed by atoms with Crippen LogP contribution < -0.4 is 15.3 Å². The zero-order valence-electron chi connectivity index (χ0n) is 27.4. The van der Waals surface area contributed by atoms with Crippen LogP contribution in [0.5, 0.6) is 0 Å². The number of benzene rings is 8. The van der Waals surface area contributed by atoms with Crippen LogP contribution in [0.1, 0.15) is 0 Å². The summed E-state index contributed by atoms with van der Waals surface area (Å²) in [5, 5.41) is 10.2. The third kappa shape index (κ3) is 4.19. The predicted molar refractivity (Wildman–Crippen MR) is 211 cm³/mol. The molecule has 9 aromatic rings. The Kier molecular flexibility index (Phi) is 6.06. The van der Waals surface area contributed by atoms with Crippen LogP contribution in [-0.4, -0.2) is 8.07 Å². The predicted octanol–water partition coefficient (Wildman–Crippen LogP) is 11.8. The standard InChI is InChI=1S/C46H33NOSi/c1-49(2)42-20-10-18-40(44(42)45-43(49)28-27-38-37-16-7-8-19-41(37)48-46(38)45)47(39-17-9-14-32-12-5-6-15-36(32)39)35-25-23-31(24-26-35)34-22-21-30-11-3-4-13-33(30)29-34/h3-29H,1-2H3. The van der Waals surface area contributed by atoms with Crippen molar-refractivity contribution in [1.82, 2.24) is 0 Å². The third-order valence-electron chi connectivity index (χ3n) is 10.6. The van der Waals surface area contributed by atoms with Gasteiger partial charge in [-0.25, -0.2) is 0 Å². The highest BCUT2D eigenvalue weighted by Crippen LogP contribution is 2.47. The van der Waals surface area contributed by atoms with E-state index in [4.69, 9.17) is 4.42 Å². The molecule has 49 heavy (non-hydrogen) atoms. The van der Waals surface area contributed by atoms with E-state index in [1.54, 1.807) is 0 Å². The quantitative estimate of drug-likeness (QED) is 0.177. The van der Waals surface area contributed by atoms with Crippen molar-refractivity contribution in [2.75, 3.05) is 4.90 Å². The number of hydrogen-bond donors (Lipinski definition) is 0. The van der Waals surface area contributed by atoms with E-state index in [2.05, 4.69) is 182 Å². The fourth-order valence-corrected chi connectivity index (χ4v) is 11.2. The highest BCUT2D eigenvalue weighted by Gasteiger charge is 2.41. The van der Waals surface area contributed by atoms with Crippen LogP contribution in [0, 0.1) is 0 Å². The molecule has 0 amide bonds. The number of rotatable bonds is 4. The molecule has 10 rings (SSSR count). The first-order chi connectivity index (χ1) is 24.1. The fraction of sp³-hybridized carbons (Fsp3) is 0.0435. The van der Waals surface area contributed by atoms with Crippen molar-refractivity contribution in [1.29, 1.82) is 0 Å². The maximum atomic E-state index is 6.76. The highest BCUT2D eigenvalue weighted by molar-refractivity contribution is 7.04. The molecule has 1 aromatic heterocycles. The van der Waals surface area contributed by atoms with Crippen molar-refractivity contribution in [3.05, 3.63) is 164 Å². The zero-order chi connectivity index (χ0) is 32.7. The molecule has 0 bridgehead atoms. The van der Waals surface area contributed by atoms with Gasteiger partial charge in [0.25, 0.3) is 0 Å². The molecule has 0 atom stereocenters. The van der Waals surface area contributed by atoms with Gasteiger partial charge in [0.05, 0.1) is 11.4 Å². The summed E-state index contributed by atoms with van der Waals surface area (Å²) in [6, 6.07) is 59.8. The van der Waals surface area contributed by atoms with Crippen LogP contribution in [0.25, 0.3) is 65.7 Å². The van der Waals surface area contributed by atoms with Gasteiger partial charge >= 0.3 is 0 Å². The molecule has 0 aliphatic carbocycles. The highest BCUT2D eigenvalue weighted by atomic mass is 28.3. The summed E-state index contributed by atoms with van der Waals surface area (Å²) in [5.74, 6) is 0. The van der Waals surface area contributed by atoms with E-state index in [0.717, 1.165) is 22.5 Å². The van der Waals surface area contributed by atoms with E-state index < -0.39 is 8.07 Å². The Bertz CT molecular complexity index is 2750. The number of nitrogens with zero attached hydrogens (tertiary/aromatic N) is 1. The number of hydrogen-bond acceptors (Lipinski definition) is 2. The summed E-state index contributed by atoms with van der Waals surface area (Å²) in [4.78, 5) is 2.48. The summed E-state index contributed by atoms with van der Waals surface area (Å²) in [6.45, 7) is 4.97. The Hall–Kier alpha value is -5.90. The molecule has 8 aromatic carbocycles. The molecular weight excluding hydrogens is 611 g/mol. The average Bonchev–Trinajstić information content (AvgIpc) is 3.64. The van der Waals surface area contributed by atoms with E-state index in [1.807, 2.05) is 0 Å². The molecular formula is C46H33NOSi. The minimum Gasteiger partial charge on any atom is -0.455 e. The Labute approximate surface area is 286 Å². The SMILES string of the molecule is C[Si]1(C)c2cccc(N(c3ccc(-c4ccc5ccccc5c4)cc3)c3cccc4ccccc34)c2-c2c1ccc1c2oc2ccccc21. The van der Waals surface area contributed by atoms with Gasteiger partial charge in [0.2, 0.25) is 0 Å². The van der Waals surface area contributed by atoms with Crippen LogP contribution in [0.3, 0.4) is 0 Å². The Morgan fingerprint density at radius 2 is 1.10 bits per heavy atom. The molecule has 2 nitrogen and oxygen atoms in total. The van der Waals surface area contributed by atoms with Crippen LogP contribution >= 0.6 is 0 Å². The molecule has 0 spiro atoms. The molecule has 0 unspecified atom stereocenters. The molecule has 0 radical (unpaired) electrons. The minimum atomic E-state index is -2.04. The minimum absolute atomic E-state index is 0.937. The van der Waals surface area contributed by atoms with Crippen molar-refractivity contribution in [3.63, 3.8) is 0 Å². The second-order valence-electron chi connectivity index (χ2n) is 13.7. The largest absolute Gasteiger partial charge is 0.455 e. The maximum Gasteiger partial charge on any atom is 0.143 e. The topological polar surface area (TPSA) is 16.4 Å². The van der Waals surface area contributed by atoms with Gasteiger partial charge in [-0.05, 0) is 74.1 Å². The molecule has 2 heterocycles. The van der Waals surface area contributed by atoms with E-state index >= 15 is 0 Å². The maximum absolute atomic E-state index is 6.76. The molecule has 0 saturated carbocycles. The van der Waals surface area contributed by atoms with Crippen LogP contribution in [0.2, 0.25) is 13.1 Å². The van der Waals surface area contributed by atoms with E-state index in [-0.39, 0.29) is 0 Å². The normalized spacial score (nSPS) is 13.3.